The second kappa shape index (κ2) is 9.43. The molecule has 0 saturated heterocycles. The molecule has 7 heteroatoms. The van der Waals surface area contributed by atoms with Crippen LogP contribution in [0.1, 0.15) is 28.5 Å². The average molecular weight is 411 g/mol. The van der Waals surface area contributed by atoms with Gasteiger partial charge in [-0.1, -0.05) is 13.0 Å². The lowest BCUT2D eigenvalue weighted by Gasteiger charge is -2.18. The van der Waals surface area contributed by atoms with Crippen molar-refractivity contribution in [3.8, 4) is 17.2 Å². The Labute approximate surface area is 175 Å². The zero-order chi connectivity index (χ0) is 21.7. The van der Waals surface area contributed by atoms with Crippen LogP contribution in [0.5, 0.6) is 11.5 Å². The predicted octanol–water partition coefficient (Wildman–Crippen LogP) is 3.91. The molecule has 2 aromatic carbocycles. The minimum Gasteiger partial charge on any atom is -0.493 e. The fourth-order valence-corrected chi connectivity index (χ4v) is 3.34. The van der Waals surface area contributed by atoms with Gasteiger partial charge >= 0.3 is 0 Å². The van der Waals surface area contributed by atoms with Crippen LogP contribution in [0.2, 0.25) is 0 Å². The Balaban J connectivity index is 1.74. The van der Waals surface area contributed by atoms with Gasteiger partial charge in [0.2, 0.25) is 0 Å². The molecule has 30 heavy (non-hydrogen) atoms. The third-order valence-corrected chi connectivity index (χ3v) is 5.04. The van der Waals surface area contributed by atoms with Gasteiger partial charge in [-0.15, -0.1) is 0 Å². The molecule has 0 atom stereocenters. The van der Waals surface area contributed by atoms with Crippen LogP contribution in [0.25, 0.3) is 5.69 Å². The first-order valence-corrected chi connectivity index (χ1v) is 9.77. The molecule has 0 aliphatic carbocycles. The van der Waals surface area contributed by atoms with E-state index in [-0.39, 0.29) is 11.7 Å². The quantitative estimate of drug-likeness (QED) is 0.564. The molecule has 0 spiro atoms. The molecule has 0 N–H and O–H groups in total. The van der Waals surface area contributed by atoms with E-state index >= 15 is 0 Å². The van der Waals surface area contributed by atoms with Crippen molar-refractivity contribution in [2.24, 2.45) is 0 Å². The molecule has 6 nitrogen and oxygen atoms in total. The molecule has 3 aromatic rings. The second-order valence-corrected chi connectivity index (χ2v) is 6.91. The first kappa shape index (κ1) is 21.4. The number of rotatable bonds is 8. The third-order valence-electron chi connectivity index (χ3n) is 5.04. The zero-order valence-electron chi connectivity index (χ0n) is 17.7. The maximum absolute atomic E-state index is 13.2. The third kappa shape index (κ3) is 4.45. The van der Waals surface area contributed by atoms with E-state index in [1.54, 1.807) is 49.2 Å². The first-order chi connectivity index (χ1) is 14.5. The molecule has 1 aromatic heterocycles. The molecular formula is C23H26FN3O3. The van der Waals surface area contributed by atoms with Gasteiger partial charge in [-0.3, -0.25) is 4.79 Å². The molecule has 0 fully saturated rings. The van der Waals surface area contributed by atoms with Gasteiger partial charge < -0.3 is 14.4 Å². The Morgan fingerprint density at radius 1 is 1.10 bits per heavy atom. The number of carbonyl (C=O) groups is 1. The topological polar surface area (TPSA) is 56.6 Å². The van der Waals surface area contributed by atoms with Gasteiger partial charge in [0.05, 0.1) is 37.4 Å². The van der Waals surface area contributed by atoms with Crippen molar-refractivity contribution < 1.29 is 18.7 Å². The molecule has 0 aliphatic rings. The number of halogens is 1. The smallest absolute Gasteiger partial charge is 0.257 e. The number of benzene rings is 2. The molecule has 1 heterocycles. The summed E-state index contributed by atoms with van der Waals surface area (Å²) in [6, 6.07) is 11.8. The van der Waals surface area contributed by atoms with Crippen molar-refractivity contribution in [3.63, 3.8) is 0 Å². The average Bonchev–Trinajstić information content (AvgIpc) is 3.21. The van der Waals surface area contributed by atoms with Gasteiger partial charge in [-0.25, -0.2) is 9.07 Å². The van der Waals surface area contributed by atoms with Crippen LogP contribution in [0.3, 0.4) is 0 Å². The maximum Gasteiger partial charge on any atom is 0.257 e. The lowest BCUT2D eigenvalue weighted by atomic mass is 10.1. The summed E-state index contributed by atoms with van der Waals surface area (Å²) in [6.45, 7) is 2.51. The highest BCUT2D eigenvalue weighted by Gasteiger charge is 2.20. The Morgan fingerprint density at radius 3 is 2.43 bits per heavy atom. The van der Waals surface area contributed by atoms with Gasteiger partial charge in [0, 0.05) is 13.6 Å². The number of hydrogen-bond donors (Lipinski definition) is 0. The summed E-state index contributed by atoms with van der Waals surface area (Å²) in [6.07, 6.45) is 2.88. The lowest BCUT2D eigenvalue weighted by molar-refractivity contribution is 0.0795. The minimum absolute atomic E-state index is 0.0966. The second-order valence-electron chi connectivity index (χ2n) is 6.91. The Morgan fingerprint density at radius 2 is 1.80 bits per heavy atom. The molecule has 0 aliphatic heterocycles. The van der Waals surface area contributed by atoms with E-state index in [2.05, 4.69) is 5.10 Å². The summed E-state index contributed by atoms with van der Waals surface area (Å²) in [5.41, 5.74) is 3.12. The number of likely N-dealkylation sites (N-methyl/N-ethyl adjacent to an activating group) is 1. The van der Waals surface area contributed by atoms with E-state index in [1.165, 1.54) is 12.1 Å². The number of aromatic nitrogens is 2. The summed E-state index contributed by atoms with van der Waals surface area (Å²) >= 11 is 0. The maximum atomic E-state index is 13.2. The van der Waals surface area contributed by atoms with E-state index in [4.69, 9.17) is 9.47 Å². The summed E-state index contributed by atoms with van der Waals surface area (Å²) < 4.78 is 25.5. The normalized spacial score (nSPS) is 10.7. The summed E-state index contributed by atoms with van der Waals surface area (Å²) in [5, 5.41) is 4.37. The van der Waals surface area contributed by atoms with Gasteiger partial charge in [0.15, 0.2) is 11.5 Å². The number of carbonyl (C=O) groups excluding carboxylic acids is 1. The fourth-order valence-electron chi connectivity index (χ4n) is 3.34. The van der Waals surface area contributed by atoms with Crippen LogP contribution in [-0.4, -0.2) is 48.4 Å². The monoisotopic (exact) mass is 411 g/mol. The summed E-state index contributed by atoms with van der Waals surface area (Å²) in [4.78, 5) is 14.7. The molecule has 158 valence electrons. The Hall–Kier alpha value is -3.35. The number of hydrogen-bond acceptors (Lipinski definition) is 4. The minimum atomic E-state index is -0.310. The molecular weight excluding hydrogens is 385 g/mol. The SMILES string of the molecule is CCc1c(C(=O)N(C)CCc2ccc(OC)c(OC)c2)cnn1-c1ccc(F)cc1. The van der Waals surface area contributed by atoms with E-state index in [0.717, 1.165) is 16.9 Å². The summed E-state index contributed by atoms with van der Waals surface area (Å²) in [5.74, 6) is 0.931. The van der Waals surface area contributed by atoms with Crippen molar-refractivity contribution in [1.82, 2.24) is 14.7 Å². The van der Waals surface area contributed by atoms with Crippen molar-refractivity contribution in [2.45, 2.75) is 19.8 Å². The fraction of sp³-hybridized carbons (Fsp3) is 0.304. The summed E-state index contributed by atoms with van der Waals surface area (Å²) in [7, 11) is 4.97. The van der Waals surface area contributed by atoms with E-state index < -0.39 is 0 Å². The van der Waals surface area contributed by atoms with Gasteiger partial charge in [-0.05, 0) is 54.8 Å². The zero-order valence-corrected chi connectivity index (χ0v) is 17.7. The van der Waals surface area contributed by atoms with Crippen LogP contribution >= 0.6 is 0 Å². The van der Waals surface area contributed by atoms with E-state index in [9.17, 15) is 9.18 Å². The van der Waals surface area contributed by atoms with Crippen molar-refractivity contribution in [2.75, 3.05) is 27.8 Å². The van der Waals surface area contributed by atoms with Crippen LogP contribution < -0.4 is 9.47 Å². The molecule has 0 radical (unpaired) electrons. The van der Waals surface area contributed by atoms with Gasteiger partial charge in [0.25, 0.3) is 5.91 Å². The van der Waals surface area contributed by atoms with Crippen LogP contribution in [0.4, 0.5) is 4.39 Å². The Kier molecular flexibility index (Phi) is 6.72. The standard InChI is InChI=1S/C23H26FN3O3/c1-5-20-19(15-25-27(20)18-9-7-17(24)8-10-18)23(28)26(2)13-12-16-6-11-21(29-3)22(14-16)30-4/h6-11,14-15H,5,12-13H2,1-4H3. The number of amides is 1. The van der Waals surface area contributed by atoms with Crippen LogP contribution in [-0.2, 0) is 12.8 Å². The molecule has 0 saturated carbocycles. The molecule has 3 rings (SSSR count). The van der Waals surface area contributed by atoms with Crippen molar-refractivity contribution in [1.29, 1.82) is 0 Å². The number of ether oxygens (including phenoxy) is 2. The Bertz CT molecular complexity index is 1020. The van der Waals surface area contributed by atoms with Gasteiger partial charge in [-0.2, -0.15) is 5.10 Å². The molecule has 0 unspecified atom stereocenters. The highest BCUT2D eigenvalue weighted by atomic mass is 19.1. The molecule has 0 bridgehead atoms. The van der Waals surface area contributed by atoms with Crippen LogP contribution in [0.15, 0.2) is 48.7 Å². The highest BCUT2D eigenvalue weighted by Crippen LogP contribution is 2.27. The van der Waals surface area contributed by atoms with Crippen molar-refractivity contribution in [3.05, 3.63) is 71.3 Å². The first-order valence-electron chi connectivity index (χ1n) is 9.77. The predicted molar refractivity (Wildman–Crippen MR) is 113 cm³/mol. The number of nitrogens with zero attached hydrogens (tertiary/aromatic N) is 3. The largest absolute Gasteiger partial charge is 0.493 e. The molecule has 1 amide bonds. The van der Waals surface area contributed by atoms with Crippen molar-refractivity contribution >= 4 is 5.91 Å². The van der Waals surface area contributed by atoms with E-state index in [0.29, 0.717) is 36.4 Å². The highest BCUT2D eigenvalue weighted by molar-refractivity contribution is 5.95. The lowest BCUT2D eigenvalue weighted by Crippen LogP contribution is -2.29. The van der Waals surface area contributed by atoms with Crippen LogP contribution in [0, 0.1) is 5.82 Å². The van der Waals surface area contributed by atoms with E-state index in [1.807, 2.05) is 25.1 Å². The number of methoxy groups -OCH3 is 2. The van der Waals surface area contributed by atoms with Gasteiger partial charge in [0.1, 0.15) is 5.82 Å².